The minimum absolute atomic E-state index is 0.000318. The third-order valence-electron chi connectivity index (χ3n) is 8.18. The van der Waals surface area contributed by atoms with Crippen molar-refractivity contribution in [1.82, 2.24) is 14.7 Å². The summed E-state index contributed by atoms with van der Waals surface area (Å²) in [5.41, 5.74) is 10.2. The van der Waals surface area contributed by atoms with Crippen LogP contribution in [0.15, 0.2) is 67.5 Å². The molecule has 3 N–H and O–H groups in total. The molecule has 1 saturated heterocycles. The van der Waals surface area contributed by atoms with E-state index in [1.807, 2.05) is 0 Å². The number of nitrogens with zero attached hydrogens (tertiary/aromatic N) is 4. The highest BCUT2D eigenvalue weighted by molar-refractivity contribution is 5.75. The summed E-state index contributed by atoms with van der Waals surface area (Å²) in [5.74, 6) is 3.56. The second-order valence-corrected chi connectivity index (χ2v) is 10.9. The van der Waals surface area contributed by atoms with E-state index >= 15 is 4.39 Å². The largest absolute Gasteiger partial charge is 0.399 e. The highest BCUT2D eigenvalue weighted by Gasteiger charge is 2.46. The molecule has 0 radical (unpaired) electrons. The fourth-order valence-electron chi connectivity index (χ4n) is 5.64. The minimum atomic E-state index is -1.30. The van der Waals surface area contributed by atoms with Crippen molar-refractivity contribution in [3.8, 4) is 18.4 Å². The van der Waals surface area contributed by atoms with Gasteiger partial charge in [-0.25, -0.2) is 4.39 Å². The van der Waals surface area contributed by atoms with E-state index in [1.165, 1.54) is 11.1 Å². The lowest BCUT2D eigenvalue weighted by atomic mass is 9.83. The molecule has 3 aliphatic rings. The van der Waals surface area contributed by atoms with Crippen molar-refractivity contribution in [3.63, 3.8) is 0 Å². The Balaban J connectivity index is 1.31. The first-order chi connectivity index (χ1) is 18.8. The summed E-state index contributed by atoms with van der Waals surface area (Å²) in [6, 6.07) is 10.7. The van der Waals surface area contributed by atoms with Gasteiger partial charge >= 0.3 is 0 Å². The normalized spacial score (nSPS) is 26.2. The quantitative estimate of drug-likeness (QED) is 0.419. The lowest BCUT2D eigenvalue weighted by molar-refractivity contribution is 0.00697. The van der Waals surface area contributed by atoms with Crippen LogP contribution < -0.4 is 11.1 Å². The zero-order chi connectivity index (χ0) is 27.6. The van der Waals surface area contributed by atoms with Crippen LogP contribution in [0.5, 0.6) is 0 Å². The Morgan fingerprint density at radius 2 is 2.08 bits per heavy atom. The Labute approximate surface area is 230 Å². The zero-order valence-electron chi connectivity index (χ0n) is 22.2. The first kappa shape index (κ1) is 26.5. The maximum Gasteiger partial charge on any atom is 0.161 e. The predicted octanol–water partition coefficient (Wildman–Crippen LogP) is 5.59. The van der Waals surface area contributed by atoms with Crippen LogP contribution in [-0.2, 0) is 12.1 Å². The van der Waals surface area contributed by atoms with Crippen LogP contribution in [0.25, 0.3) is 11.3 Å². The molecular formula is C32H35FN6. The van der Waals surface area contributed by atoms with Gasteiger partial charge in [0.15, 0.2) is 5.82 Å². The highest BCUT2D eigenvalue weighted by Crippen LogP contribution is 2.44. The van der Waals surface area contributed by atoms with Crippen molar-refractivity contribution >= 4 is 17.1 Å². The highest BCUT2D eigenvalue weighted by atomic mass is 19.1. The van der Waals surface area contributed by atoms with Crippen molar-refractivity contribution in [2.24, 2.45) is 17.6 Å². The van der Waals surface area contributed by atoms with Crippen LogP contribution in [0.4, 0.5) is 10.2 Å². The van der Waals surface area contributed by atoms with Crippen LogP contribution in [0.3, 0.4) is 0 Å². The Hall–Kier alpha value is -4.07. The van der Waals surface area contributed by atoms with E-state index in [9.17, 15) is 5.26 Å². The van der Waals surface area contributed by atoms with Gasteiger partial charge in [0.25, 0.3) is 0 Å². The molecule has 5 rings (SSSR count). The second-order valence-electron chi connectivity index (χ2n) is 10.9. The molecule has 2 fully saturated rings. The number of likely N-dealkylation sites (tertiary alicyclic amines) is 1. The number of halogens is 1. The molecule has 200 valence electrons. The van der Waals surface area contributed by atoms with E-state index in [2.05, 4.69) is 77.9 Å². The Morgan fingerprint density at radius 3 is 2.69 bits per heavy atom. The average Bonchev–Trinajstić information content (AvgIpc) is 3.62. The fourth-order valence-corrected chi connectivity index (χ4v) is 5.64. The van der Waals surface area contributed by atoms with Crippen LogP contribution in [0.1, 0.15) is 48.8 Å². The molecule has 1 aliphatic heterocycles. The molecule has 1 aromatic heterocycles. The molecule has 2 heterocycles. The number of allylic oxidation sites excluding steroid dienone is 5. The second kappa shape index (κ2) is 11.0. The number of alkyl halides is 1. The maximum absolute atomic E-state index is 16.1. The minimum Gasteiger partial charge on any atom is -0.399 e. The van der Waals surface area contributed by atoms with E-state index in [0.717, 1.165) is 30.5 Å². The lowest BCUT2D eigenvalue weighted by Crippen LogP contribution is -2.54. The molecule has 6 nitrogen and oxygen atoms in total. The lowest BCUT2D eigenvalue weighted by Gasteiger charge is -2.43. The number of terminal acetylenes is 1. The van der Waals surface area contributed by atoms with Gasteiger partial charge in [-0.2, -0.15) is 10.4 Å². The molecule has 2 aromatic rings. The summed E-state index contributed by atoms with van der Waals surface area (Å²) in [6.07, 6.45) is 16.1. The number of benzene rings is 1. The SMILES string of the molecule is C#CC1CC1C(=C)Nc1nn(C2(CC#N)CCN(Cc3ccc(C4=CCCC=C4)cc3)CC2F)cc1C(=C)N. The molecule has 4 atom stereocenters. The van der Waals surface area contributed by atoms with Gasteiger partial charge in [0.2, 0.25) is 0 Å². The van der Waals surface area contributed by atoms with Crippen molar-refractivity contribution in [2.75, 3.05) is 18.4 Å². The standard InChI is InChI=1S/C32H35FN6/c1-4-25-18-28(25)23(3)36-31-29(22(2)35)20-39(37-31)32(14-16-34)15-17-38(21-30(32)33)19-24-10-12-27(13-11-24)26-8-6-5-7-9-26/h1,6,8-13,20,25,28,30H,2-3,5,7,14-15,17-19,21,35H2,(H,36,37). The summed E-state index contributed by atoms with van der Waals surface area (Å²) in [4.78, 5) is 2.11. The number of hydrogen-bond acceptors (Lipinski definition) is 5. The average molecular weight is 523 g/mol. The smallest absolute Gasteiger partial charge is 0.161 e. The van der Waals surface area contributed by atoms with Crippen molar-refractivity contribution in [3.05, 3.63) is 84.2 Å². The van der Waals surface area contributed by atoms with E-state index in [4.69, 9.17) is 17.3 Å². The van der Waals surface area contributed by atoms with Gasteiger partial charge in [-0.05, 0) is 42.4 Å². The molecule has 39 heavy (non-hydrogen) atoms. The third-order valence-corrected chi connectivity index (χ3v) is 8.18. The predicted molar refractivity (Wildman–Crippen MR) is 154 cm³/mol. The first-order valence-electron chi connectivity index (χ1n) is 13.5. The topological polar surface area (TPSA) is 82.9 Å². The summed E-state index contributed by atoms with van der Waals surface area (Å²) < 4.78 is 17.7. The molecular weight excluding hydrogens is 487 g/mol. The summed E-state index contributed by atoms with van der Waals surface area (Å²) in [6.45, 7) is 9.48. The van der Waals surface area contributed by atoms with Gasteiger partial charge in [-0.15, -0.1) is 12.3 Å². The number of hydrogen-bond donors (Lipinski definition) is 2. The van der Waals surface area contributed by atoms with Crippen molar-refractivity contribution in [1.29, 1.82) is 5.26 Å². The first-order valence-corrected chi connectivity index (χ1v) is 13.5. The zero-order valence-corrected chi connectivity index (χ0v) is 22.2. The number of anilines is 1. The van der Waals surface area contributed by atoms with Gasteiger partial charge < -0.3 is 11.1 Å². The van der Waals surface area contributed by atoms with Crippen LogP contribution >= 0.6 is 0 Å². The molecule has 2 aliphatic carbocycles. The Morgan fingerprint density at radius 1 is 1.28 bits per heavy atom. The molecule has 0 bridgehead atoms. The number of nitriles is 1. The summed E-state index contributed by atoms with van der Waals surface area (Å²) >= 11 is 0. The molecule has 1 aromatic carbocycles. The molecule has 1 saturated carbocycles. The summed E-state index contributed by atoms with van der Waals surface area (Å²) in [7, 11) is 0. The Kier molecular flexibility index (Phi) is 7.46. The third kappa shape index (κ3) is 5.41. The van der Waals surface area contributed by atoms with Crippen LogP contribution in [-0.4, -0.2) is 33.9 Å². The maximum atomic E-state index is 16.1. The van der Waals surface area contributed by atoms with Crippen molar-refractivity contribution in [2.45, 2.75) is 50.4 Å². The number of piperidine rings is 1. The van der Waals surface area contributed by atoms with Crippen molar-refractivity contribution < 1.29 is 4.39 Å². The van der Waals surface area contributed by atoms with E-state index < -0.39 is 11.7 Å². The van der Waals surface area contributed by atoms with Gasteiger partial charge in [-0.1, -0.05) is 55.7 Å². The fraction of sp³-hybridized carbons (Fsp3) is 0.375. The van der Waals surface area contributed by atoms with Crippen LogP contribution in [0, 0.1) is 35.5 Å². The Bertz CT molecular complexity index is 1400. The van der Waals surface area contributed by atoms with Gasteiger partial charge in [0, 0.05) is 49.1 Å². The number of aromatic nitrogens is 2. The number of nitrogens with two attached hydrogens (primary N) is 1. The molecule has 4 unspecified atom stereocenters. The van der Waals surface area contributed by atoms with Gasteiger partial charge in [-0.3, -0.25) is 9.58 Å². The van der Waals surface area contributed by atoms with Crippen LogP contribution in [0.2, 0.25) is 0 Å². The summed E-state index contributed by atoms with van der Waals surface area (Å²) in [5, 5.41) is 17.6. The molecule has 0 amide bonds. The number of nitrogens with one attached hydrogen (secondary N) is 1. The van der Waals surface area contributed by atoms with E-state index in [1.54, 1.807) is 10.9 Å². The molecule has 0 spiro atoms. The van der Waals surface area contributed by atoms with Gasteiger partial charge in [0.1, 0.15) is 11.7 Å². The molecule has 7 heteroatoms. The van der Waals surface area contributed by atoms with E-state index in [-0.39, 0.29) is 24.8 Å². The number of rotatable bonds is 9. The van der Waals surface area contributed by atoms with E-state index in [0.29, 0.717) is 36.6 Å². The monoisotopic (exact) mass is 522 g/mol. The van der Waals surface area contributed by atoms with Gasteiger partial charge in [0.05, 0.1) is 18.1 Å².